The molecular weight excluding hydrogens is 328 g/mol. The fourth-order valence-corrected chi connectivity index (χ4v) is 3.34. The first-order chi connectivity index (χ1) is 11.2. The first-order valence-electron chi connectivity index (χ1n) is 7.35. The Morgan fingerprint density at radius 3 is 2.25 bits per heavy atom. The third-order valence-electron chi connectivity index (χ3n) is 3.56. The first-order valence-corrected chi connectivity index (χ1v) is 8.83. The Labute approximate surface area is 141 Å². The summed E-state index contributed by atoms with van der Waals surface area (Å²) in [6.07, 6.45) is 0. The lowest BCUT2D eigenvalue weighted by atomic mass is 10.0. The summed E-state index contributed by atoms with van der Waals surface area (Å²) in [7, 11) is -2.20. The van der Waals surface area contributed by atoms with E-state index in [9.17, 15) is 13.2 Å². The summed E-state index contributed by atoms with van der Waals surface area (Å²) in [5.74, 6) is 0.195. The van der Waals surface area contributed by atoms with Gasteiger partial charge < -0.3 is 10.5 Å². The van der Waals surface area contributed by atoms with Crippen molar-refractivity contribution in [3.05, 3.63) is 53.6 Å². The van der Waals surface area contributed by atoms with Crippen molar-refractivity contribution in [1.29, 1.82) is 0 Å². The zero-order valence-corrected chi connectivity index (χ0v) is 14.6. The lowest BCUT2D eigenvalue weighted by molar-refractivity contribution is 0.100. The molecule has 24 heavy (non-hydrogen) atoms. The number of carbonyl (C=O) groups is 1. The Morgan fingerprint density at radius 2 is 1.75 bits per heavy atom. The number of primary amides is 1. The van der Waals surface area contributed by atoms with Crippen LogP contribution in [0, 0.1) is 0 Å². The highest BCUT2D eigenvalue weighted by Crippen LogP contribution is 2.29. The number of amides is 1. The number of carbonyl (C=O) groups excluding carboxylic acids is 1. The van der Waals surface area contributed by atoms with Crippen LogP contribution < -0.4 is 15.2 Å². The highest BCUT2D eigenvalue weighted by Gasteiger charge is 2.18. The van der Waals surface area contributed by atoms with E-state index in [4.69, 9.17) is 10.5 Å². The summed E-state index contributed by atoms with van der Waals surface area (Å²) >= 11 is 0. The molecule has 0 aromatic heterocycles. The van der Waals surface area contributed by atoms with E-state index in [1.165, 1.54) is 30.3 Å². The summed E-state index contributed by atoms with van der Waals surface area (Å²) in [5, 5.41) is 0. The molecular formula is C17H20N2O4S. The van der Waals surface area contributed by atoms with E-state index in [1.54, 1.807) is 19.2 Å². The van der Waals surface area contributed by atoms with Gasteiger partial charge in [0.05, 0.1) is 12.0 Å². The predicted molar refractivity (Wildman–Crippen MR) is 92.9 cm³/mol. The number of nitrogens with two attached hydrogens (primary N) is 1. The molecule has 2 rings (SSSR count). The molecule has 0 aliphatic rings. The first kappa shape index (κ1) is 17.8. The van der Waals surface area contributed by atoms with Crippen LogP contribution in [-0.4, -0.2) is 21.4 Å². The second-order valence-corrected chi connectivity index (χ2v) is 7.29. The third-order valence-corrected chi connectivity index (χ3v) is 4.93. The van der Waals surface area contributed by atoms with E-state index in [-0.39, 0.29) is 10.8 Å². The van der Waals surface area contributed by atoms with E-state index in [2.05, 4.69) is 4.72 Å². The minimum atomic E-state index is -3.75. The molecule has 0 unspecified atom stereocenters. The van der Waals surface area contributed by atoms with Crippen molar-refractivity contribution in [2.75, 3.05) is 11.8 Å². The number of sulfonamides is 1. The molecule has 0 spiro atoms. The molecule has 0 atom stereocenters. The van der Waals surface area contributed by atoms with Crippen molar-refractivity contribution in [1.82, 2.24) is 0 Å². The summed E-state index contributed by atoms with van der Waals surface area (Å²) in [6, 6.07) is 10.6. The lowest BCUT2D eigenvalue weighted by Gasteiger charge is -2.14. The molecule has 6 nitrogen and oxygen atoms in total. The van der Waals surface area contributed by atoms with E-state index >= 15 is 0 Å². The highest BCUT2D eigenvalue weighted by molar-refractivity contribution is 7.92. The topological polar surface area (TPSA) is 98.5 Å². The molecule has 2 aromatic rings. The largest absolute Gasteiger partial charge is 0.496 e. The summed E-state index contributed by atoms with van der Waals surface area (Å²) in [6.45, 7) is 3.93. The zero-order chi connectivity index (χ0) is 17.9. The molecule has 0 aliphatic carbocycles. The molecule has 0 saturated heterocycles. The smallest absolute Gasteiger partial charge is 0.261 e. The van der Waals surface area contributed by atoms with Crippen LogP contribution in [0.4, 0.5) is 5.69 Å². The van der Waals surface area contributed by atoms with E-state index in [0.29, 0.717) is 17.0 Å². The Kier molecular flexibility index (Phi) is 5.14. The monoisotopic (exact) mass is 348 g/mol. The quantitative estimate of drug-likeness (QED) is 0.838. The Hall–Kier alpha value is -2.54. The number of nitrogens with one attached hydrogen (secondary N) is 1. The van der Waals surface area contributed by atoms with Gasteiger partial charge in [0.1, 0.15) is 5.75 Å². The van der Waals surface area contributed by atoms with Gasteiger partial charge in [-0.1, -0.05) is 13.8 Å². The molecule has 0 aliphatic heterocycles. The number of ether oxygens (including phenoxy) is 1. The molecule has 0 saturated carbocycles. The maximum atomic E-state index is 12.6. The van der Waals surface area contributed by atoms with Gasteiger partial charge >= 0.3 is 0 Å². The Morgan fingerprint density at radius 1 is 1.12 bits per heavy atom. The van der Waals surface area contributed by atoms with Gasteiger partial charge in [0.2, 0.25) is 5.91 Å². The zero-order valence-electron chi connectivity index (χ0n) is 13.7. The number of anilines is 1. The third kappa shape index (κ3) is 3.86. The fraction of sp³-hybridized carbons (Fsp3) is 0.235. The van der Waals surface area contributed by atoms with Crippen LogP contribution in [-0.2, 0) is 10.0 Å². The van der Waals surface area contributed by atoms with Crippen LogP contribution in [0.1, 0.15) is 35.7 Å². The van der Waals surface area contributed by atoms with Crippen LogP contribution in [0.25, 0.3) is 0 Å². The molecule has 2 aromatic carbocycles. The van der Waals surface area contributed by atoms with Crippen molar-refractivity contribution in [3.8, 4) is 5.75 Å². The van der Waals surface area contributed by atoms with Crippen LogP contribution >= 0.6 is 0 Å². The summed E-state index contributed by atoms with van der Waals surface area (Å²) < 4.78 is 32.9. The van der Waals surface area contributed by atoms with Gasteiger partial charge in [-0.3, -0.25) is 9.52 Å². The number of benzene rings is 2. The molecule has 0 heterocycles. The van der Waals surface area contributed by atoms with Gasteiger partial charge in [-0.05, 0) is 53.9 Å². The highest BCUT2D eigenvalue weighted by atomic mass is 32.2. The van der Waals surface area contributed by atoms with Crippen LogP contribution in [0.3, 0.4) is 0 Å². The second-order valence-electron chi connectivity index (χ2n) is 5.61. The van der Waals surface area contributed by atoms with Crippen LogP contribution in [0.15, 0.2) is 47.4 Å². The summed E-state index contributed by atoms with van der Waals surface area (Å²) in [5.41, 5.74) is 6.63. The predicted octanol–water partition coefficient (Wildman–Crippen LogP) is 2.72. The van der Waals surface area contributed by atoms with Crippen molar-refractivity contribution in [3.63, 3.8) is 0 Å². The summed E-state index contributed by atoms with van der Waals surface area (Å²) in [4.78, 5) is 11.2. The maximum absolute atomic E-state index is 12.6. The number of methoxy groups -OCH3 is 1. The van der Waals surface area contributed by atoms with Crippen LogP contribution in [0.5, 0.6) is 5.75 Å². The Bertz CT molecular complexity index is 843. The van der Waals surface area contributed by atoms with E-state index in [1.807, 2.05) is 13.8 Å². The second kappa shape index (κ2) is 6.92. The molecule has 3 N–H and O–H groups in total. The average molecular weight is 348 g/mol. The van der Waals surface area contributed by atoms with Gasteiger partial charge in [-0.15, -0.1) is 0 Å². The molecule has 0 fully saturated rings. The molecule has 7 heteroatoms. The standard InChI is InChI=1S/C17H20N2O4S/c1-11(2)15-10-14(8-9-16(15)23-3)24(21,22)19-13-6-4-12(5-7-13)17(18)20/h4-11,19H,1-3H3,(H2,18,20). The lowest BCUT2D eigenvalue weighted by Crippen LogP contribution is -2.14. The van der Waals surface area contributed by atoms with Crippen molar-refractivity contribution in [2.24, 2.45) is 5.73 Å². The normalized spacial score (nSPS) is 11.3. The fourth-order valence-electron chi connectivity index (χ4n) is 2.25. The molecule has 128 valence electrons. The minimum Gasteiger partial charge on any atom is -0.496 e. The average Bonchev–Trinajstić information content (AvgIpc) is 2.54. The van der Waals surface area contributed by atoms with Crippen molar-refractivity contribution in [2.45, 2.75) is 24.7 Å². The molecule has 0 bridgehead atoms. The SMILES string of the molecule is COc1ccc(S(=O)(=O)Nc2ccc(C(N)=O)cc2)cc1C(C)C. The molecule has 1 amide bonds. The molecule has 0 radical (unpaired) electrons. The minimum absolute atomic E-state index is 0.116. The maximum Gasteiger partial charge on any atom is 0.261 e. The van der Waals surface area contributed by atoms with Crippen molar-refractivity contribution < 1.29 is 17.9 Å². The number of hydrogen-bond acceptors (Lipinski definition) is 4. The van der Waals surface area contributed by atoms with Gasteiger partial charge in [0, 0.05) is 11.3 Å². The van der Waals surface area contributed by atoms with Gasteiger partial charge in [0.25, 0.3) is 10.0 Å². The van der Waals surface area contributed by atoms with Gasteiger partial charge in [-0.25, -0.2) is 8.42 Å². The van der Waals surface area contributed by atoms with E-state index in [0.717, 1.165) is 5.56 Å². The van der Waals surface area contributed by atoms with Gasteiger partial charge in [0.15, 0.2) is 0 Å². The van der Waals surface area contributed by atoms with Crippen molar-refractivity contribution >= 4 is 21.6 Å². The van der Waals surface area contributed by atoms with E-state index < -0.39 is 15.9 Å². The van der Waals surface area contributed by atoms with Gasteiger partial charge in [-0.2, -0.15) is 0 Å². The Balaban J connectivity index is 2.33. The number of rotatable bonds is 6. The number of hydrogen-bond donors (Lipinski definition) is 2. The van der Waals surface area contributed by atoms with Crippen LogP contribution in [0.2, 0.25) is 0 Å².